The summed E-state index contributed by atoms with van der Waals surface area (Å²) >= 11 is 0. The van der Waals surface area contributed by atoms with Crippen LogP contribution < -0.4 is 10.6 Å². The topological polar surface area (TPSA) is 207 Å². The molecular formula is C16H28N2O11. The third-order valence-electron chi connectivity index (χ3n) is 4.78. The summed E-state index contributed by atoms with van der Waals surface area (Å²) in [6.07, 6.45) is -11.7. The molecule has 0 unspecified atom stereocenters. The lowest BCUT2D eigenvalue weighted by atomic mass is 9.94. The van der Waals surface area contributed by atoms with Gasteiger partial charge in [-0.1, -0.05) is 0 Å². The van der Waals surface area contributed by atoms with Crippen molar-refractivity contribution in [2.45, 2.75) is 75.1 Å². The molecule has 8 N–H and O–H groups in total. The number of aliphatic hydroxyl groups is 6. The van der Waals surface area contributed by atoms with E-state index in [1.165, 1.54) is 0 Å². The Balaban J connectivity index is 2.26. The molecule has 0 aromatic carbocycles. The molecule has 2 fully saturated rings. The average molecular weight is 424 g/mol. The average Bonchev–Trinajstić information content (AvgIpc) is 2.65. The molecule has 13 nitrogen and oxygen atoms in total. The van der Waals surface area contributed by atoms with Gasteiger partial charge in [0.2, 0.25) is 11.8 Å². The standard InChI is InChI=1S/C16H28N2O11/c1-5(21)17-9-13(25)14(8(4-20)27-15(9)26)29-16-10(18-6(2)22)12(24)11(23)7(3-19)28-16/h7-16,19-20,23-26H,3-4H2,1-2H3,(H,17,21)(H,18,22)/t7-,8+,9-,10+,11-,12+,13+,14-,15+,16+/m1/s1. The quantitative estimate of drug-likeness (QED) is 0.202. The lowest BCUT2D eigenvalue weighted by Gasteiger charge is -2.47. The number of hydrogen-bond donors (Lipinski definition) is 8. The fraction of sp³-hybridized carbons (Fsp3) is 0.875. The van der Waals surface area contributed by atoms with Gasteiger partial charge in [0.1, 0.15) is 48.7 Å². The zero-order valence-corrected chi connectivity index (χ0v) is 15.9. The molecule has 0 saturated carbocycles. The van der Waals surface area contributed by atoms with E-state index in [9.17, 15) is 40.2 Å². The van der Waals surface area contributed by atoms with Gasteiger partial charge in [-0.2, -0.15) is 0 Å². The maximum Gasteiger partial charge on any atom is 0.217 e. The maximum absolute atomic E-state index is 11.5. The van der Waals surface area contributed by atoms with E-state index >= 15 is 0 Å². The summed E-state index contributed by atoms with van der Waals surface area (Å²) in [7, 11) is 0. The van der Waals surface area contributed by atoms with E-state index in [1.54, 1.807) is 0 Å². The molecule has 0 bridgehead atoms. The van der Waals surface area contributed by atoms with E-state index in [-0.39, 0.29) is 0 Å². The zero-order chi connectivity index (χ0) is 21.9. The van der Waals surface area contributed by atoms with Gasteiger partial charge in [0, 0.05) is 13.8 Å². The summed E-state index contributed by atoms with van der Waals surface area (Å²) in [5.74, 6) is -1.14. The third-order valence-corrected chi connectivity index (χ3v) is 4.78. The van der Waals surface area contributed by atoms with Crippen molar-refractivity contribution in [3.63, 3.8) is 0 Å². The highest BCUT2D eigenvalue weighted by molar-refractivity contribution is 5.73. The molecule has 2 amide bonds. The smallest absolute Gasteiger partial charge is 0.217 e. The first-order valence-electron chi connectivity index (χ1n) is 9.05. The second-order valence-corrected chi connectivity index (χ2v) is 7.00. The normalized spacial score (nSPS) is 42.9. The first-order valence-corrected chi connectivity index (χ1v) is 9.05. The predicted molar refractivity (Wildman–Crippen MR) is 91.8 cm³/mol. The summed E-state index contributed by atoms with van der Waals surface area (Å²) < 4.78 is 16.3. The molecule has 0 aliphatic carbocycles. The number of nitrogens with one attached hydrogen (secondary N) is 2. The minimum atomic E-state index is -1.64. The van der Waals surface area contributed by atoms with Crippen LogP contribution in [-0.2, 0) is 23.8 Å². The zero-order valence-electron chi connectivity index (χ0n) is 15.9. The van der Waals surface area contributed by atoms with E-state index in [0.717, 1.165) is 13.8 Å². The van der Waals surface area contributed by atoms with Crippen LogP contribution in [-0.4, -0.2) is 117 Å². The fourth-order valence-corrected chi connectivity index (χ4v) is 3.38. The molecule has 0 aromatic rings. The van der Waals surface area contributed by atoms with Crippen molar-refractivity contribution in [3.05, 3.63) is 0 Å². The summed E-state index contributed by atoms with van der Waals surface area (Å²) in [5.41, 5.74) is 0. The summed E-state index contributed by atoms with van der Waals surface area (Å²) in [5, 5.41) is 64.5. The van der Waals surface area contributed by atoms with Crippen molar-refractivity contribution in [3.8, 4) is 0 Å². The van der Waals surface area contributed by atoms with Crippen LogP contribution >= 0.6 is 0 Å². The molecular weight excluding hydrogens is 396 g/mol. The van der Waals surface area contributed by atoms with E-state index in [4.69, 9.17) is 14.2 Å². The van der Waals surface area contributed by atoms with E-state index in [2.05, 4.69) is 10.6 Å². The van der Waals surface area contributed by atoms with Crippen LogP contribution in [0.25, 0.3) is 0 Å². The lowest BCUT2D eigenvalue weighted by Crippen LogP contribution is -2.69. The molecule has 168 valence electrons. The Hall–Kier alpha value is -1.42. The predicted octanol–water partition coefficient (Wildman–Crippen LogP) is -5.11. The molecule has 13 heteroatoms. The SMILES string of the molecule is CC(=O)N[C@@H]1[C@H](O[C@H]2[C@@H](O)[C@@H](NC(C)=O)[C@@H](O)O[C@H]2CO)O[C@H](CO)[C@@H](O)[C@H]1O. The van der Waals surface area contributed by atoms with Gasteiger partial charge in [-0.15, -0.1) is 0 Å². The number of carbonyl (C=O) groups excluding carboxylic acids is 2. The number of amides is 2. The van der Waals surface area contributed by atoms with Crippen LogP contribution in [0.4, 0.5) is 0 Å². The van der Waals surface area contributed by atoms with Crippen molar-refractivity contribution < 1.29 is 54.4 Å². The monoisotopic (exact) mass is 424 g/mol. The number of aliphatic hydroxyl groups excluding tert-OH is 6. The molecule has 0 aromatic heterocycles. The van der Waals surface area contributed by atoms with Crippen molar-refractivity contribution in [1.29, 1.82) is 0 Å². The van der Waals surface area contributed by atoms with Crippen molar-refractivity contribution in [1.82, 2.24) is 10.6 Å². The fourth-order valence-electron chi connectivity index (χ4n) is 3.38. The molecule has 2 aliphatic rings. The molecule has 2 saturated heterocycles. The number of hydrogen-bond acceptors (Lipinski definition) is 11. The number of carbonyl (C=O) groups is 2. The maximum atomic E-state index is 11.5. The Kier molecular flexibility index (Phi) is 8.28. The molecule has 0 radical (unpaired) electrons. The van der Waals surface area contributed by atoms with E-state index in [1.807, 2.05) is 0 Å². The second kappa shape index (κ2) is 10.1. The Morgan fingerprint density at radius 3 is 1.90 bits per heavy atom. The largest absolute Gasteiger partial charge is 0.394 e. The van der Waals surface area contributed by atoms with Gasteiger partial charge in [-0.25, -0.2) is 0 Å². The van der Waals surface area contributed by atoms with Crippen LogP contribution in [0.2, 0.25) is 0 Å². The first kappa shape index (κ1) is 23.9. The van der Waals surface area contributed by atoms with Crippen LogP contribution in [0.1, 0.15) is 13.8 Å². The lowest BCUT2D eigenvalue weighted by molar-refractivity contribution is -0.327. The van der Waals surface area contributed by atoms with Gasteiger partial charge in [-0.3, -0.25) is 9.59 Å². The van der Waals surface area contributed by atoms with Crippen molar-refractivity contribution in [2.75, 3.05) is 13.2 Å². The van der Waals surface area contributed by atoms with Crippen LogP contribution in [0, 0.1) is 0 Å². The summed E-state index contributed by atoms with van der Waals surface area (Å²) in [4.78, 5) is 22.8. The number of ether oxygens (including phenoxy) is 3. The molecule has 2 rings (SSSR count). The van der Waals surface area contributed by atoms with Gasteiger partial charge in [0.15, 0.2) is 12.6 Å². The van der Waals surface area contributed by atoms with Gasteiger partial charge < -0.3 is 55.5 Å². The highest BCUT2D eigenvalue weighted by Crippen LogP contribution is 2.28. The van der Waals surface area contributed by atoms with Crippen LogP contribution in [0.5, 0.6) is 0 Å². The van der Waals surface area contributed by atoms with Gasteiger partial charge in [-0.05, 0) is 0 Å². The molecule has 2 heterocycles. The Morgan fingerprint density at radius 1 is 0.828 bits per heavy atom. The first-order chi connectivity index (χ1) is 13.6. The van der Waals surface area contributed by atoms with Crippen LogP contribution in [0.3, 0.4) is 0 Å². The molecule has 2 aliphatic heterocycles. The Morgan fingerprint density at radius 2 is 1.38 bits per heavy atom. The molecule has 29 heavy (non-hydrogen) atoms. The summed E-state index contributed by atoms with van der Waals surface area (Å²) in [6.45, 7) is 0.962. The van der Waals surface area contributed by atoms with Crippen molar-refractivity contribution in [2.24, 2.45) is 0 Å². The van der Waals surface area contributed by atoms with E-state index in [0.29, 0.717) is 0 Å². The van der Waals surface area contributed by atoms with Gasteiger partial charge >= 0.3 is 0 Å². The van der Waals surface area contributed by atoms with Crippen LogP contribution in [0.15, 0.2) is 0 Å². The van der Waals surface area contributed by atoms with E-state index < -0.39 is 86.3 Å². The molecule has 0 spiro atoms. The third kappa shape index (κ3) is 5.39. The second-order valence-electron chi connectivity index (χ2n) is 7.00. The Bertz CT molecular complexity index is 579. The van der Waals surface area contributed by atoms with Crippen molar-refractivity contribution >= 4 is 11.8 Å². The highest BCUT2D eigenvalue weighted by atomic mass is 16.7. The van der Waals surface area contributed by atoms with Gasteiger partial charge in [0.25, 0.3) is 0 Å². The Labute approximate surface area is 166 Å². The number of rotatable bonds is 6. The van der Waals surface area contributed by atoms with Gasteiger partial charge in [0.05, 0.1) is 13.2 Å². The molecule has 10 atom stereocenters. The highest BCUT2D eigenvalue weighted by Gasteiger charge is 2.51. The minimum Gasteiger partial charge on any atom is -0.394 e. The minimum absolute atomic E-state index is 0.568. The summed E-state index contributed by atoms with van der Waals surface area (Å²) in [6, 6.07) is -2.59.